The molecule has 0 bridgehead atoms. The Bertz CT molecular complexity index is 1690. The first kappa shape index (κ1) is 29.5. The van der Waals surface area contributed by atoms with Gasteiger partial charge in [0.1, 0.15) is 16.4 Å². The summed E-state index contributed by atoms with van der Waals surface area (Å²) in [5.74, 6) is -0.0398. The van der Waals surface area contributed by atoms with E-state index in [4.69, 9.17) is 9.15 Å². The molecule has 0 radical (unpaired) electrons. The van der Waals surface area contributed by atoms with Gasteiger partial charge in [-0.25, -0.2) is 13.1 Å². The van der Waals surface area contributed by atoms with E-state index in [1.165, 1.54) is 17.0 Å². The Morgan fingerprint density at radius 2 is 1.90 bits per heavy atom. The van der Waals surface area contributed by atoms with Crippen LogP contribution in [0.25, 0.3) is 5.69 Å². The number of amides is 1. The molecule has 1 amide bonds. The predicted molar refractivity (Wildman–Crippen MR) is 151 cm³/mol. The molecule has 13 heteroatoms. The number of nitro benzene ring substituents is 1. The molecule has 2 N–H and O–H groups in total. The SMILES string of the molecule is Cc1ccc(C)c(-n2nc(C(=O)NCc3ccco3)c(C)c2Oc2ccc([N+](=O)[O-])cc2S(=O)(=O)NCC(C)C)c1. The second-order valence-electron chi connectivity index (χ2n) is 9.98. The van der Waals surface area contributed by atoms with Crippen molar-refractivity contribution in [1.82, 2.24) is 19.8 Å². The van der Waals surface area contributed by atoms with Crippen LogP contribution in [0.5, 0.6) is 11.6 Å². The van der Waals surface area contributed by atoms with Gasteiger partial charge in [-0.15, -0.1) is 0 Å². The number of nitrogens with zero attached hydrogens (tertiary/aromatic N) is 3. The summed E-state index contributed by atoms with van der Waals surface area (Å²) in [6.07, 6.45) is 1.50. The molecular weight excluding hydrogens is 550 g/mol. The first-order valence-electron chi connectivity index (χ1n) is 12.8. The highest BCUT2D eigenvalue weighted by Gasteiger charge is 2.28. The van der Waals surface area contributed by atoms with Crippen molar-refractivity contribution < 1.29 is 27.3 Å². The second kappa shape index (κ2) is 11.9. The number of nitro groups is 1. The van der Waals surface area contributed by atoms with Crippen LogP contribution in [0.15, 0.2) is 64.1 Å². The lowest BCUT2D eigenvalue weighted by atomic mass is 10.1. The minimum atomic E-state index is -4.21. The van der Waals surface area contributed by atoms with Crippen molar-refractivity contribution in [1.29, 1.82) is 0 Å². The zero-order valence-corrected chi connectivity index (χ0v) is 24.1. The average Bonchev–Trinajstić information content (AvgIpc) is 3.56. The Kier molecular flexibility index (Phi) is 8.59. The van der Waals surface area contributed by atoms with Crippen molar-refractivity contribution in [2.75, 3.05) is 6.54 Å². The molecule has 0 atom stereocenters. The van der Waals surface area contributed by atoms with Crippen molar-refractivity contribution in [3.8, 4) is 17.3 Å². The lowest BCUT2D eigenvalue weighted by molar-refractivity contribution is -0.385. The molecular formula is C28H31N5O7S. The van der Waals surface area contributed by atoms with Gasteiger partial charge >= 0.3 is 0 Å². The highest BCUT2D eigenvalue weighted by atomic mass is 32.2. The predicted octanol–water partition coefficient (Wildman–Crippen LogP) is 4.96. The molecule has 4 rings (SSSR count). The van der Waals surface area contributed by atoms with Crippen LogP contribution in [0.3, 0.4) is 0 Å². The van der Waals surface area contributed by atoms with E-state index in [0.29, 0.717) is 17.0 Å². The maximum absolute atomic E-state index is 13.3. The van der Waals surface area contributed by atoms with E-state index >= 15 is 0 Å². The molecule has 4 aromatic rings. The monoisotopic (exact) mass is 581 g/mol. The van der Waals surface area contributed by atoms with Gasteiger partial charge in [0, 0.05) is 24.2 Å². The molecule has 0 aliphatic heterocycles. The quantitative estimate of drug-likeness (QED) is 0.186. The number of hydrogen-bond acceptors (Lipinski definition) is 8. The van der Waals surface area contributed by atoms with E-state index < -0.39 is 31.4 Å². The molecule has 0 aliphatic carbocycles. The first-order valence-corrected chi connectivity index (χ1v) is 14.3. The fourth-order valence-corrected chi connectivity index (χ4v) is 5.31. The summed E-state index contributed by atoms with van der Waals surface area (Å²) in [6.45, 7) is 9.30. The van der Waals surface area contributed by atoms with Gasteiger partial charge in [0.15, 0.2) is 5.69 Å². The fraction of sp³-hybridized carbons (Fsp3) is 0.286. The first-order chi connectivity index (χ1) is 19.4. The number of carbonyl (C=O) groups is 1. The normalized spacial score (nSPS) is 11.6. The summed E-state index contributed by atoms with van der Waals surface area (Å²) in [7, 11) is -4.21. The zero-order valence-electron chi connectivity index (χ0n) is 23.3. The van der Waals surface area contributed by atoms with Gasteiger partial charge < -0.3 is 14.5 Å². The van der Waals surface area contributed by atoms with Gasteiger partial charge in [0.25, 0.3) is 11.6 Å². The number of furan rings is 1. The molecule has 2 aromatic heterocycles. The summed E-state index contributed by atoms with van der Waals surface area (Å²) in [6, 6.07) is 12.4. The summed E-state index contributed by atoms with van der Waals surface area (Å²) >= 11 is 0. The number of hydrogen-bond donors (Lipinski definition) is 2. The van der Waals surface area contributed by atoms with Crippen molar-refractivity contribution in [3.05, 3.63) is 93.1 Å². The molecule has 216 valence electrons. The average molecular weight is 582 g/mol. The molecule has 2 heterocycles. The van der Waals surface area contributed by atoms with Gasteiger partial charge in [-0.05, 0) is 62.1 Å². The van der Waals surface area contributed by atoms with Gasteiger partial charge in [0.2, 0.25) is 15.9 Å². The fourth-order valence-electron chi connectivity index (χ4n) is 3.95. The van der Waals surface area contributed by atoms with Gasteiger partial charge in [-0.2, -0.15) is 9.78 Å². The molecule has 0 saturated carbocycles. The Balaban J connectivity index is 1.84. The third-order valence-corrected chi connectivity index (χ3v) is 7.64. The minimum absolute atomic E-state index is 0.0111. The molecule has 0 saturated heterocycles. The van der Waals surface area contributed by atoms with Crippen molar-refractivity contribution in [3.63, 3.8) is 0 Å². The van der Waals surface area contributed by atoms with E-state index in [1.54, 1.807) is 19.1 Å². The maximum Gasteiger partial charge on any atom is 0.272 e. The lowest BCUT2D eigenvalue weighted by Gasteiger charge is -2.16. The minimum Gasteiger partial charge on any atom is -0.467 e. The largest absolute Gasteiger partial charge is 0.467 e. The van der Waals surface area contributed by atoms with Crippen LogP contribution < -0.4 is 14.8 Å². The van der Waals surface area contributed by atoms with Crippen LogP contribution in [0, 0.1) is 36.8 Å². The Morgan fingerprint density at radius 3 is 2.56 bits per heavy atom. The number of rotatable bonds is 11. The second-order valence-corrected chi connectivity index (χ2v) is 11.7. The van der Waals surface area contributed by atoms with Crippen LogP contribution in [-0.2, 0) is 16.6 Å². The molecule has 2 aromatic carbocycles. The topological polar surface area (TPSA) is 159 Å². The highest BCUT2D eigenvalue weighted by Crippen LogP contribution is 2.36. The number of aryl methyl sites for hydroxylation is 2. The smallest absolute Gasteiger partial charge is 0.272 e. The highest BCUT2D eigenvalue weighted by molar-refractivity contribution is 7.89. The summed E-state index contributed by atoms with van der Waals surface area (Å²) in [4.78, 5) is 23.6. The van der Waals surface area contributed by atoms with E-state index in [9.17, 15) is 23.3 Å². The number of aromatic nitrogens is 2. The third-order valence-electron chi connectivity index (χ3n) is 6.20. The summed E-state index contributed by atoms with van der Waals surface area (Å²) in [5, 5.41) is 18.8. The van der Waals surface area contributed by atoms with Crippen LogP contribution in [0.2, 0.25) is 0 Å². The Labute approximate surface area is 237 Å². The van der Waals surface area contributed by atoms with Gasteiger partial charge in [0.05, 0.1) is 23.4 Å². The van der Waals surface area contributed by atoms with Crippen LogP contribution in [0.4, 0.5) is 5.69 Å². The third kappa shape index (κ3) is 6.64. The number of non-ortho nitro benzene ring substituents is 1. The number of benzene rings is 2. The molecule has 41 heavy (non-hydrogen) atoms. The molecule has 0 fully saturated rings. The number of ether oxygens (including phenoxy) is 1. The zero-order chi connectivity index (χ0) is 29.9. The molecule has 0 spiro atoms. The van der Waals surface area contributed by atoms with Crippen LogP contribution in [-0.4, -0.2) is 35.6 Å². The van der Waals surface area contributed by atoms with Crippen LogP contribution >= 0.6 is 0 Å². The van der Waals surface area contributed by atoms with E-state index in [-0.39, 0.29) is 36.3 Å². The summed E-state index contributed by atoms with van der Waals surface area (Å²) < 4.78 is 41.9. The Hall–Kier alpha value is -4.49. The van der Waals surface area contributed by atoms with Crippen molar-refractivity contribution in [2.24, 2.45) is 5.92 Å². The maximum atomic E-state index is 13.3. The molecule has 12 nitrogen and oxygen atoms in total. The van der Waals surface area contributed by atoms with E-state index in [2.05, 4.69) is 15.1 Å². The van der Waals surface area contributed by atoms with E-state index in [1.807, 2.05) is 45.9 Å². The van der Waals surface area contributed by atoms with Gasteiger partial charge in [-0.1, -0.05) is 26.0 Å². The van der Waals surface area contributed by atoms with Crippen molar-refractivity contribution >= 4 is 21.6 Å². The Morgan fingerprint density at radius 1 is 1.15 bits per heavy atom. The van der Waals surface area contributed by atoms with Crippen LogP contribution in [0.1, 0.15) is 46.8 Å². The van der Waals surface area contributed by atoms with Gasteiger partial charge in [-0.3, -0.25) is 14.9 Å². The number of sulfonamides is 1. The van der Waals surface area contributed by atoms with Crippen molar-refractivity contribution in [2.45, 2.75) is 46.1 Å². The number of carbonyl (C=O) groups excluding carboxylic acids is 1. The summed E-state index contributed by atoms with van der Waals surface area (Å²) in [5.41, 5.74) is 2.32. The lowest BCUT2D eigenvalue weighted by Crippen LogP contribution is -2.28. The molecule has 0 aliphatic rings. The molecule has 0 unspecified atom stereocenters. The number of nitrogens with one attached hydrogen (secondary N) is 2. The van der Waals surface area contributed by atoms with E-state index in [0.717, 1.165) is 23.3 Å². The standard InChI is InChI=1S/C28H31N5O7S/c1-17(2)15-30-41(37,38)25-14-21(33(35)36)10-11-24(25)40-28-20(5)26(27(34)29-16-22-7-6-12-39-22)31-32(28)23-13-18(3)8-9-19(23)4/h6-14,17,30H,15-16H2,1-5H3,(H,29,34).